The van der Waals surface area contributed by atoms with E-state index in [2.05, 4.69) is 15.6 Å². The van der Waals surface area contributed by atoms with Crippen molar-refractivity contribution < 1.29 is 22.8 Å². The van der Waals surface area contributed by atoms with E-state index in [4.69, 9.17) is 11.1 Å². The summed E-state index contributed by atoms with van der Waals surface area (Å²) in [5.74, 6) is -0.753. The van der Waals surface area contributed by atoms with Crippen LogP contribution in [0, 0.1) is 5.41 Å². The molecule has 2 amide bonds. The number of hydrogen-bond acceptors (Lipinski definition) is 5. The normalized spacial score (nSPS) is 11.8. The van der Waals surface area contributed by atoms with Crippen molar-refractivity contribution in [2.45, 2.75) is 6.18 Å². The Hall–Kier alpha value is -4.93. The molecular weight excluding hydrogens is 485 g/mol. The van der Waals surface area contributed by atoms with E-state index in [0.29, 0.717) is 22.5 Å². The third-order valence-corrected chi connectivity index (χ3v) is 5.56. The number of nitrogens with two attached hydrogens (primary N) is 1. The molecule has 4 rings (SSSR count). The lowest BCUT2D eigenvalue weighted by Crippen LogP contribution is -2.18. The van der Waals surface area contributed by atoms with Crippen LogP contribution in [0.1, 0.15) is 31.8 Å². The first-order chi connectivity index (χ1) is 17.6. The fraction of sp³-hybridized carbons (Fsp3) is 0.0769. The highest BCUT2D eigenvalue weighted by atomic mass is 19.4. The van der Waals surface area contributed by atoms with E-state index in [9.17, 15) is 22.8 Å². The zero-order valence-electron chi connectivity index (χ0n) is 19.4. The van der Waals surface area contributed by atoms with Gasteiger partial charge in [-0.1, -0.05) is 30.3 Å². The summed E-state index contributed by atoms with van der Waals surface area (Å²) < 4.78 is 42.2. The number of benzene rings is 2. The molecule has 4 aromatic rings. The molecule has 0 aliphatic heterocycles. The van der Waals surface area contributed by atoms with E-state index in [1.807, 2.05) is 6.07 Å². The summed E-state index contributed by atoms with van der Waals surface area (Å²) in [7, 11) is 1.50. The Morgan fingerprint density at radius 2 is 1.73 bits per heavy atom. The monoisotopic (exact) mass is 506 g/mol. The Labute approximate surface area is 209 Å². The van der Waals surface area contributed by atoms with Crippen LogP contribution in [0.25, 0.3) is 22.6 Å². The van der Waals surface area contributed by atoms with Crippen molar-refractivity contribution in [1.82, 2.24) is 14.7 Å². The van der Waals surface area contributed by atoms with Gasteiger partial charge in [0, 0.05) is 47.4 Å². The molecule has 0 fully saturated rings. The lowest BCUT2D eigenvalue weighted by atomic mass is 10.00. The third-order valence-electron chi connectivity index (χ3n) is 5.56. The SMILES string of the molecule is CNC(=O)c1ccn2c(NC(=O)c3ccc(C(F)(F)F)c(C(N)=CC=N)c3)c(-c3ccccc3)nc2c1. The Bertz CT molecular complexity index is 1540. The number of nitrogens with zero attached hydrogens (tertiary/aromatic N) is 2. The molecule has 0 saturated heterocycles. The second kappa shape index (κ2) is 9.97. The zero-order valence-corrected chi connectivity index (χ0v) is 19.4. The number of alkyl halides is 3. The minimum absolute atomic E-state index is 0.0831. The van der Waals surface area contributed by atoms with Gasteiger partial charge in [-0.05, 0) is 36.4 Å². The maximum atomic E-state index is 13.5. The lowest BCUT2D eigenvalue weighted by Gasteiger charge is -2.15. The average molecular weight is 506 g/mol. The zero-order chi connectivity index (χ0) is 26.7. The lowest BCUT2D eigenvalue weighted by molar-refractivity contribution is -0.137. The number of allylic oxidation sites excluding steroid dienone is 1. The predicted molar refractivity (Wildman–Crippen MR) is 134 cm³/mol. The number of halogens is 3. The van der Waals surface area contributed by atoms with Crippen molar-refractivity contribution in [3.63, 3.8) is 0 Å². The minimum atomic E-state index is -4.71. The topological polar surface area (TPSA) is 125 Å². The highest BCUT2D eigenvalue weighted by molar-refractivity contribution is 6.06. The smallest absolute Gasteiger partial charge is 0.398 e. The molecule has 0 bridgehead atoms. The molecule has 5 N–H and O–H groups in total. The molecule has 0 atom stereocenters. The fourth-order valence-electron chi connectivity index (χ4n) is 3.78. The molecule has 2 aromatic carbocycles. The number of carbonyl (C=O) groups is 2. The van der Waals surface area contributed by atoms with E-state index < -0.39 is 23.2 Å². The van der Waals surface area contributed by atoms with Gasteiger partial charge in [-0.15, -0.1) is 0 Å². The van der Waals surface area contributed by atoms with Crippen LogP contribution in [0.2, 0.25) is 0 Å². The van der Waals surface area contributed by atoms with Crippen molar-refractivity contribution in [2.24, 2.45) is 5.73 Å². The number of imidazole rings is 1. The summed E-state index contributed by atoms with van der Waals surface area (Å²) in [5, 5.41) is 12.4. The average Bonchev–Trinajstić information content (AvgIpc) is 3.25. The van der Waals surface area contributed by atoms with Crippen molar-refractivity contribution in [2.75, 3.05) is 12.4 Å². The fourth-order valence-corrected chi connectivity index (χ4v) is 3.78. The molecule has 0 unspecified atom stereocenters. The summed E-state index contributed by atoms with van der Waals surface area (Å²) in [5.41, 5.74) is 5.74. The van der Waals surface area contributed by atoms with Gasteiger partial charge < -0.3 is 21.8 Å². The Balaban J connectivity index is 1.82. The van der Waals surface area contributed by atoms with E-state index >= 15 is 0 Å². The van der Waals surface area contributed by atoms with Crippen LogP contribution in [0.4, 0.5) is 19.0 Å². The largest absolute Gasteiger partial charge is 0.417 e. The van der Waals surface area contributed by atoms with Gasteiger partial charge in [0.2, 0.25) is 0 Å². The number of amides is 2. The molecular formula is C26H21F3N6O2. The first kappa shape index (κ1) is 25.2. The molecule has 0 saturated carbocycles. The maximum absolute atomic E-state index is 13.5. The number of pyridine rings is 1. The highest BCUT2D eigenvalue weighted by Crippen LogP contribution is 2.35. The summed E-state index contributed by atoms with van der Waals surface area (Å²) in [6.45, 7) is 0. The van der Waals surface area contributed by atoms with E-state index in [1.54, 1.807) is 47.0 Å². The number of nitrogens with one attached hydrogen (secondary N) is 3. The molecule has 11 heteroatoms. The third kappa shape index (κ3) is 5.06. The molecule has 0 aliphatic rings. The molecule has 2 heterocycles. The second-order valence-electron chi connectivity index (χ2n) is 7.90. The van der Waals surface area contributed by atoms with Crippen LogP contribution in [-0.2, 0) is 6.18 Å². The van der Waals surface area contributed by atoms with Gasteiger partial charge in [0.1, 0.15) is 17.2 Å². The Kier molecular flexibility index (Phi) is 6.79. The number of fused-ring (bicyclic) bond motifs is 1. The van der Waals surface area contributed by atoms with Gasteiger partial charge in [0.25, 0.3) is 11.8 Å². The van der Waals surface area contributed by atoms with Gasteiger partial charge >= 0.3 is 6.18 Å². The van der Waals surface area contributed by atoms with Crippen molar-refractivity contribution in [3.8, 4) is 11.3 Å². The minimum Gasteiger partial charge on any atom is -0.398 e. The van der Waals surface area contributed by atoms with Crippen molar-refractivity contribution in [1.29, 1.82) is 5.41 Å². The predicted octanol–water partition coefficient (Wildman–Crippen LogP) is 4.58. The standard InChI is InChI=1S/C26H21F3N6O2/c1-32-24(36)17-10-12-35-21(14-17)33-22(15-5-3-2-4-6-15)23(35)34-25(37)16-7-8-19(26(27,28)29)18(13-16)20(31)9-11-30/h2-14,30H,31H2,1H3,(H,32,36)(H,34,37). The molecule has 37 heavy (non-hydrogen) atoms. The second-order valence-corrected chi connectivity index (χ2v) is 7.90. The van der Waals surface area contributed by atoms with Crippen molar-refractivity contribution in [3.05, 3.63) is 95.2 Å². The van der Waals surface area contributed by atoms with Crippen LogP contribution in [0.3, 0.4) is 0 Å². The molecule has 8 nitrogen and oxygen atoms in total. The van der Waals surface area contributed by atoms with Gasteiger partial charge in [0.05, 0.1) is 5.56 Å². The van der Waals surface area contributed by atoms with E-state index in [-0.39, 0.29) is 23.0 Å². The van der Waals surface area contributed by atoms with Crippen LogP contribution >= 0.6 is 0 Å². The first-order valence-electron chi connectivity index (χ1n) is 10.9. The maximum Gasteiger partial charge on any atom is 0.417 e. The Morgan fingerprint density at radius 1 is 1.03 bits per heavy atom. The number of anilines is 1. The molecule has 2 aromatic heterocycles. The van der Waals surface area contributed by atoms with E-state index in [0.717, 1.165) is 30.5 Å². The summed E-state index contributed by atoms with van der Waals surface area (Å²) in [6, 6.07) is 14.9. The van der Waals surface area contributed by atoms with Crippen LogP contribution in [0.5, 0.6) is 0 Å². The molecule has 0 aliphatic carbocycles. The first-order valence-corrected chi connectivity index (χ1v) is 10.9. The number of rotatable bonds is 6. The molecule has 188 valence electrons. The van der Waals surface area contributed by atoms with E-state index in [1.165, 1.54) is 7.05 Å². The van der Waals surface area contributed by atoms with Crippen LogP contribution in [0.15, 0.2) is 72.9 Å². The summed E-state index contributed by atoms with van der Waals surface area (Å²) in [6.07, 6.45) is -1.37. The van der Waals surface area contributed by atoms with Gasteiger partial charge in [-0.2, -0.15) is 13.2 Å². The van der Waals surface area contributed by atoms with Crippen LogP contribution in [-0.4, -0.2) is 34.5 Å². The molecule has 0 radical (unpaired) electrons. The number of aromatic nitrogens is 2. The van der Waals surface area contributed by atoms with Gasteiger partial charge in [-0.25, -0.2) is 4.98 Å². The summed E-state index contributed by atoms with van der Waals surface area (Å²) in [4.78, 5) is 29.9. The van der Waals surface area contributed by atoms with Gasteiger partial charge in [0.15, 0.2) is 0 Å². The molecule has 0 spiro atoms. The van der Waals surface area contributed by atoms with Crippen LogP contribution < -0.4 is 16.4 Å². The number of hydrogen-bond donors (Lipinski definition) is 4. The Morgan fingerprint density at radius 3 is 2.38 bits per heavy atom. The highest BCUT2D eigenvalue weighted by Gasteiger charge is 2.34. The summed E-state index contributed by atoms with van der Waals surface area (Å²) >= 11 is 0. The number of carbonyl (C=O) groups excluding carboxylic acids is 2. The van der Waals surface area contributed by atoms with Gasteiger partial charge in [-0.3, -0.25) is 14.0 Å². The van der Waals surface area contributed by atoms with Crippen molar-refractivity contribution >= 4 is 35.2 Å². The quantitative estimate of drug-likeness (QED) is 0.286.